The third kappa shape index (κ3) is 2.42. The zero-order valence-corrected chi connectivity index (χ0v) is 14.4. The van der Waals surface area contributed by atoms with Crippen LogP contribution in [0.15, 0.2) is 48.5 Å². The summed E-state index contributed by atoms with van der Waals surface area (Å²) in [4.78, 5) is 23.7. The van der Waals surface area contributed by atoms with Crippen LogP contribution in [0.4, 0.5) is 0 Å². The molecule has 2 aromatic rings. The number of rotatable bonds is 0. The van der Waals surface area contributed by atoms with Crippen molar-refractivity contribution < 1.29 is 71.6 Å². The minimum atomic E-state index is -0.408. The van der Waals surface area contributed by atoms with Crippen molar-refractivity contribution in [3.05, 3.63) is 59.7 Å². The number of hydrogen-bond donors (Lipinski definition) is 0. The zero-order valence-electron chi connectivity index (χ0n) is 12.4. The molecule has 0 bridgehead atoms. The van der Waals surface area contributed by atoms with Gasteiger partial charge in [-0.05, 0) is 11.1 Å². The molecule has 1 aliphatic carbocycles. The van der Waals surface area contributed by atoms with Crippen LogP contribution in [-0.2, 0) is 0 Å². The van der Waals surface area contributed by atoms with Crippen LogP contribution in [0.25, 0.3) is 11.1 Å². The van der Waals surface area contributed by atoms with Gasteiger partial charge in [-0.25, -0.2) is 0 Å². The molecule has 3 rings (SSSR count). The molecule has 18 heavy (non-hydrogen) atoms. The summed E-state index contributed by atoms with van der Waals surface area (Å²) in [6, 6.07) is 14.4. The van der Waals surface area contributed by atoms with E-state index in [-0.39, 0.29) is 62.0 Å². The molecule has 0 spiro atoms. The van der Waals surface area contributed by atoms with Crippen LogP contribution in [0.5, 0.6) is 0 Å². The summed E-state index contributed by atoms with van der Waals surface area (Å²) in [5, 5.41) is 0. The molecule has 0 saturated carbocycles. The first-order valence-electron chi connectivity index (χ1n) is 5.06. The summed E-state index contributed by atoms with van der Waals surface area (Å²) in [5.41, 5.74) is 2.71. The van der Waals surface area contributed by atoms with E-state index in [1.54, 1.807) is 24.3 Å². The third-order valence-electron chi connectivity index (χ3n) is 2.84. The zero-order chi connectivity index (χ0) is 11.1. The van der Waals surface area contributed by atoms with Crippen LogP contribution in [0.2, 0.25) is 0 Å². The molecule has 0 heterocycles. The molecule has 0 N–H and O–H groups in total. The molecule has 0 atom stereocenters. The number of fused-ring (bicyclic) bond motifs is 3. The first-order valence-corrected chi connectivity index (χ1v) is 5.06. The Hall–Kier alpha value is -0.220. The quantitative estimate of drug-likeness (QED) is 0.371. The fourth-order valence-electron chi connectivity index (χ4n) is 2.08. The average molecular weight is 256 g/mol. The van der Waals surface area contributed by atoms with Crippen molar-refractivity contribution in [2.45, 2.75) is 0 Å². The Bertz CT molecular complexity index is 575. The van der Waals surface area contributed by atoms with Crippen LogP contribution >= 0.6 is 0 Å². The van der Waals surface area contributed by atoms with Crippen LogP contribution < -0.4 is 59.1 Å². The number of ketones is 2. The Morgan fingerprint density at radius 2 is 0.833 bits per heavy atom. The Kier molecular flexibility index (Phi) is 5.53. The maximum atomic E-state index is 11.8. The van der Waals surface area contributed by atoms with E-state index in [1.807, 2.05) is 24.3 Å². The molecule has 0 aromatic heterocycles. The van der Waals surface area contributed by atoms with Gasteiger partial charge < -0.3 is 2.85 Å². The first-order chi connectivity index (χ1) is 7.79. The topological polar surface area (TPSA) is 34.1 Å². The minimum Gasteiger partial charge on any atom is -1.00 e. The molecule has 80 valence electrons. The molecule has 2 aromatic carbocycles. The van der Waals surface area contributed by atoms with E-state index >= 15 is 0 Å². The van der Waals surface area contributed by atoms with E-state index in [9.17, 15) is 9.59 Å². The van der Waals surface area contributed by atoms with Crippen molar-refractivity contribution in [3.63, 3.8) is 0 Å². The Morgan fingerprint density at radius 3 is 1.17 bits per heavy atom. The van der Waals surface area contributed by atoms with Crippen molar-refractivity contribution >= 4 is 11.6 Å². The summed E-state index contributed by atoms with van der Waals surface area (Å²) in [5.74, 6) is -0.816. The summed E-state index contributed by atoms with van der Waals surface area (Å²) in [7, 11) is 0. The molecule has 4 heteroatoms. The Labute approximate surface area is 152 Å². The molecule has 0 saturated heterocycles. The number of Topliss-reactive ketones (excluding diaryl/α,β-unsaturated/α-hetero) is 2. The second-order valence-electron chi connectivity index (χ2n) is 3.75. The van der Waals surface area contributed by atoms with Crippen LogP contribution in [0.1, 0.15) is 23.6 Å². The van der Waals surface area contributed by atoms with Gasteiger partial charge >= 0.3 is 59.1 Å². The summed E-state index contributed by atoms with van der Waals surface area (Å²) in [6.45, 7) is 0. The molecular formula is C14H10Na2O2. The van der Waals surface area contributed by atoms with Crippen molar-refractivity contribution in [2.24, 2.45) is 0 Å². The predicted molar refractivity (Wildman–Crippen MR) is 62.8 cm³/mol. The number of carbonyl (C=O) groups excluding carboxylic acids is 2. The van der Waals surface area contributed by atoms with E-state index in [0.717, 1.165) is 11.1 Å². The van der Waals surface area contributed by atoms with Gasteiger partial charge in [0.15, 0.2) is 0 Å². The van der Waals surface area contributed by atoms with Crippen LogP contribution in [0, 0.1) is 0 Å². The van der Waals surface area contributed by atoms with Gasteiger partial charge in [-0.15, -0.1) is 0 Å². The SMILES string of the molecule is O=C1C(=O)c2ccccc2-c2ccccc21.[H-].[H-].[Na+].[Na+]. The predicted octanol–water partition coefficient (Wildman–Crippen LogP) is -3.03. The third-order valence-corrected chi connectivity index (χ3v) is 2.84. The molecule has 0 radical (unpaired) electrons. The maximum absolute atomic E-state index is 11.8. The molecule has 0 fully saturated rings. The van der Waals surface area contributed by atoms with Crippen LogP contribution in [0.3, 0.4) is 0 Å². The first kappa shape index (κ1) is 15.8. The van der Waals surface area contributed by atoms with Gasteiger partial charge in [0.2, 0.25) is 11.6 Å². The van der Waals surface area contributed by atoms with Crippen molar-refractivity contribution in [1.82, 2.24) is 0 Å². The van der Waals surface area contributed by atoms with E-state index in [4.69, 9.17) is 0 Å². The molecule has 0 aliphatic heterocycles. The molecular weight excluding hydrogens is 246 g/mol. The second kappa shape index (κ2) is 6.29. The summed E-state index contributed by atoms with van der Waals surface area (Å²) in [6.07, 6.45) is 0. The van der Waals surface area contributed by atoms with E-state index in [2.05, 4.69) is 0 Å². The monoisotopic (exact) mass is 256 g/mol. The molecule has 0 unspecified atom stereocenters. The van der Waals surface area contributed by atoms with E-state index < -0.39 is 11.6 Å². The van der Waals surface area contributed by atoms with Crippen LogP contribution in [-0.4, -0.2) is 11.6 Å². The van der Waals surface area contributed by atoms with Gasteiger partial charge in [0.05, 0.1) is 0 Å². The second-order valence-corrected chi connectivity index (χ2v) is 3.75. The van der Waals surface area contributed by atoms with Crippen molar-refractivity contribution in [1.29, 1.82) is 0 Å². The number of hydrogen-bond acceptors (Lipinski definition) is 2. The Balaban J connectivity index is 0. The van der Waals surface area contributed by atoms with E-state index in [1.165, 1.54) is 0 Å². The Morgan fingerprint density at radius 1 is 0.556 bits per heavy atom. The summed E-state index contributed by atoms with van der Waals surface area (Å²) >= 11 is 0. The molecule has 0 amide bonds. The minimum absolute atomic E-state index is 0. The van der Waals surface area contributed by atoms with Gasteiger partial charge in [-0.3, -0.25) is 9.59 Å². The standard InChI is InChI=1S/C14H8O2.2Na.2H/c15-13-11-7-3-1-5-9(11)10-6-2-4-8-12(10)14(13)16;;;;/h1-8H;;;;/q;2*+1;2*-1. The largest absolute Gasteiger partial charge is 1.00 e. The number of carbonyl (C=O) groups is 2. The van der Waals surface area contributed by atoms with E-state index in [0.29, 0.717) is 11.1 Å². The fourth-order valence-corrected chi connectivity index (χ4v) is 2.08. The average Bonchev–Trinajstić information content (AvgIpc) is 2.36. The maximum Gasteiger partial charge on any atom is 1.00 e. The van der Waals surface area contributed by atoms with Crippen molar-refractivity contribution in [3.8, 4) is 11.1 Å². The smallest absolute Gasteiger partial charge is 1.00 e. The number of benzene rings is 2. The van der Waals surface area contributed by atoms with Gasteiger partial charge in [0, 0.05) is 11.1 Å². The fraction of sp³-hybridized carbons (Fsp3) is 0. The van der Waals surface area contributed by atoms with Gasteiger partial charge in [0.25, 0.3) is 0 Å². The summed E-state index contributed by atoms with van der Waals surface area (Å²) < 4.78 is 0. The molecule has 1 aliphatic rings. The van der Waals surface area contributed by atoms with Gasteiger partial charge in [-0.2, -0.15) is 0 Å². The normalized spacial score (nSPS) is 11.8. The van der Waals surface area contributed by atoms with Crippen molar-refractivity contribution in [2.75, 3.05) is 0 Å². The van der Waals surface area contributed by atoms with Gasteiger partial charge in [0.1, 0.15) is 0 Å². The van der Waals surface area contributed by atoms with Gasteiger partial charge in [-0.1, -0.05) is 48.5 Å². The molecule has 2 nitrogen and oxygen atoms in total.